The van der Waals surface area contributed by atoms with Gasteiger partial charge >= 0.3 is 0 Å². The maximum absolute atomic E-state index is 5.22. The molecule has 1 aromatic rings. The smallest absolute Gasteiger partial charge is 0.0465 e. The predicted octanol–water partition coefficient (Wildman–Crippen LogP) is 3.40. The second kappa shape index (κ2) is 7.27. The first-order chi connectivity index (χ1) is 8.78. The fourth-order valence-corrected chi connectivity index (χ4v) is 2.63. The highest BCUT2D eigenvalue weighted by atomic mass is 79.9. The molecule has 1 unspecified atom stereocenters. The molecule has 0 bridgehead atoms. The Morgan fingerprint density at radius 3 is 2.94 bits per heavy atom. The standard InChI is InChI=1S/C15H22BrNO/c1-18-8-7-13(11-17-15-5-6-15)9-12-3-2-4-14(16)10-12/h2-4,10,13,15,17H,5-9,11H2,1H3. The quantitative estimate of drug-likeness (QED) is 0.794. The van der Waals surface area contributed by atoms with Gasteiger partial charge in [-0.3, -0.25) is 0 Å². The first kappa shape index (κ1) is 14.0. The molecule has 1 N–H and O–H groups in total. The Bertz CT molecular complexity index is 365. The van der Waals surface area contributed by atoms with Crippen molar-refractivity contribution >= 4 is 15.9 Å². The van der Waals surface area contributed by atoms with E-state index in [1.807, 2.05) is 0 Å². The minimum Gasteiger partial charge on any atom is -0.385 e. The van der Waals surface area contributed by atoms with Crippen molar-refractivity contribution in [3.8, 4) is 0 Å². The third-order valence-corrected chi connectivity index (χ3v) is 3.91. The van der Waals surface area contributed by atoms with E-state index in [1.165, 1.54) is 22.9 Å². The average Bonchev–Trinajstić information content (AvgIpc) is 3.17. The van der Waals surface area contributed by atoms with E-state index in [0.29, 0.717) is 5.92 Å². The van der Waals surface area contributed by atoms with Crippen molar-refractivity contribution in [3.63, 3.8) is 0 Å². The van der Waals surface area contributed by atoms with E-state index < -0.39 is 0 Å². The Morgan fingerprint density at radius 1 is 1.44 bits per heavy atom. The number of hydrogen-bond donors (Lipinski definition) is 1. The zero-order valence-corrected chi connectivity index (χ0v) is 12.6. The Hall–Kier alpha value is -0.380. The number of benzene rings is 1. The molecule has 1 atom stereocenters. The summed E-state index contributed by atoms with van der Waals surface area (Å²) in [6.45, 7) is 1.96. The third kappa shape index (κ3) is 5.09. The molecule has 2 nitrogen and oxygen atoms in total. The Morgan fingerprint density at radius 2 is 2.28 bits per heavy atom. The summed E-state index contributed by atoms with van der Waals surface area (Å²) >= 11 is 3.54. The van der Waals surface area contributed by atoms with Crippen molar-refractivity contribution in [2.24, 2.45) is 5.92 Å². The van der Waals surface area contributed by atoms with Gasteiger partial charge in [-0.1, -0.05) is 28.1 Å². The molecule has 0 spiro atoms. The molecule has 1 aliphatic carbocycles. The minimum atomic E-state index is 0.667. The molecule has 1 aromatic carbocycles. The highest BCUT2D eigenvalue weighted by molar-refractivity contribution is 9.10. The van der Waals surface area contributed by atoms with Crippen LogP contribution in [0.25, 0.3) is 0 Å². The van der Waals surface area contributed by atoms with Gasteiger partial charge in [0.15, 0.2) is 0 Å². The molecule has 18 heavy (non-hydrogen) atoms. The molecule has 1 saturated carbocycles. The summed E-state index contributed by atoms with van der Waals surface area (Å²) < 4.78 is 6.39. The van der Waals surface area contributed by atoms with Gasteiger partial charge in [0.1, 0.15) is 0 Å². The number of nitrogens with one attached hydrogen (secondary N) is 1. The minimum absolute atomic E-state index is 0.667. The normalized spacial score (nSPS) is 16.8. The fraction of sp³-hybridized carbons (Fsp3) is 0.600. The molecule has 0 saturated heterocycles. The second-order valence-electron chi connectivity index (χ2n) is 5.16. The van der Waals surface area contributed by atoms with Crippen LogP contribution in [-0.2, 0) is 11.2 Å². The van der Waals surface area contributed by atoms with Gasteiger partial charge in [0, 0.05) is 24.2 Å². The SMILES string of the molecule is COCCC(CNC1CC1)Cc1cccc(Br)c1. The molecule has 0 heterocycles. The van der Waals surface area contributed by atoms with Crippen molar-refractivity contribution in [2.45, 2.75) is 31.7 Å². The molecule has 0 aliphatic heterocycles. The lowest BCUT2D eigenvalue weighted by molar-refractivity contribution is 0.176. The summed E-state index contributed by atoms with van der Waals surface area (Å²) in [6, 6.07) is 9.41. The van der Waals surface area contributed by atoms with Crippen LogP contribution in [0.1, 0.15) is 24.8 Å². The molecule has 3 heteroatoms. The van der Waals surface area contributed by atoms with E-state index in [0.717, 1.165) is 32.0 Å². The van der Waals surface area contributed by atoms with Crippen LogP contribution in [0.5, 0.6) is 0 Å². The van der Waals surface area contributed by atoms with Gasteiger partial charge in [-0.05, 0) is 55.8 Å². The second-order valence-corrected chi connectivity index (χ2v) is 6.08. The van der Waals surface area contributed by atoms with Crippen molar-refractivity contribution < 1.29 is 4.74 Å². The zero-order valence-electron chi connectivity index (χ0n) is 11.0. The van der Waals surface area contributed by atoms with Crippen molar-refractivity contribution in [2.75, 3.05) is 20.3 Å². The summed E-state index contributed by atoms with van der Waals surface area (Å²) in [5.41, 5.74) is 1.41. The molecule has 0 radical (unpaired) electrons. The molecular weight excluding hydrogens is 290 g/mol. The van der Waals surface area contributed by atoms with Gasteiger partial charge in [0.25, 0.3) is 0 Å². The highest BCUT2D eigenvalue weighted by Crippen LogP contribution is 2.21. The molecule has 1 fully saturated rings. The molecule has 100 valence electrons. The maximum Gasteiger partial charge on any atom is 0.0465 e. The molecule has 1 aliphatic rings. The average molecular weight is 312 g/mol. The number of ether oxygens (including phenoxy) is 1. The first-order valence-corrected chi connectivity index (χ1v) is 7.54. The summed E-state index contributed by atoms with van der Waals surface area (Å²) in [7, 11) is 1.78. The number of methoxy groups -OCH3 is 1. The fourth-order valence-electron chi connectivity index (χ4n) is 2.18. The predicted molar refractivity (Wildman–Crippen MR) is 78.9 cm³/mol. The van der Waals surface area contributed by atoms with E-state index in [4.69, 9.17) is 4.74 Å². The van der Waals surface area contributed by atoms with Crippen LogP contribution >= 0.6 is 15.9 Å². The van der Waals surface area contributed by atoms with Crippen LogP contribution in [0.3, 0.4) is 0 Å². The van der Waals surface area contributed by atoms with Crippen LogP contribution in [0.2, 0.25) is 0 Å². The van der Waals surface area contributed by atoms with E-state index in [-0.39, 0.29) is 0 Å². The largest absolute Gasteiger partial charge is 0.385 e. The number of rotatable bonds is 8. The zero-order chi connectivity index (χ0) is 12.8. The van der Waals surface area contributed by atoms with Crippen LogP contribution in [0.4, 0.5) is 0 Å². The number of halogens is 1. The Labute approximate surface area is 118 Å². The van der Waals surface area contributed by atoms with Gasteiger partial charge in [0.2, 0.25) is 0 Å². The van der Waals surface area contributed by atoms with E-state index in [2.05, 4.69) is 45.5 Å². The van der Waals surface area contributed by atoms with E-state index in [9.17, 15) is 0 Å². The summed E-state index contributed by atoms with van der Waals surface area (Å²) in [4.78, 5) is 0. The lowest BCUT2D eigenvalue weighted by Crippen LogP contribution is -2.27. The Balaban J connectivity index is 1.85. The van der Waals surface area contributed by atoms with Crippen molar-refractivity contribution in [1.29, 1.82) is 0 Å². The van der Waals surface area contributed by atoms with Crippen molar-refractivity contribution in [1.82, 2.24) is 5.32 Å². The van der Waals surface area contributed by atoms with Crippen LogP contribution in [0, 0.1) is 5.92 Å². The van der Waals surface area contributed by atoms with Gasteiger partial charge in [-0.2, -0.15) is 0 Å². The lowest BCUT2D eigenvalue weighted by atomic mass is 9.96. The molecule has 0 amide bonds. The monoisotopic (exact) mass is 311 g/mol. The Kier molecular flexibility index (Phi) is 5.67. The van der Waals surface area contributed by atoms with Crippen LogP contribution in [0.15, 0.2) is 28.7 Å². The number of hydrogen-bond acceptors (Lipinski definition) is 2. The van der Waals surface area contributed by atoms with E-state index >= 15 is 0 Å². The molecular formula is C15H22BrNO. The van der Waals surface area contributed by atoms with Gasteiger partial charge in [-0.25, -0.2) is 0 Å². The van der Waals surface area contributed by atoms with Gasteiger partial charge in [-0.15, -0.1) is 0 Å². The summed E-state index contributed by atoms with van der Waals surface area (Å²) in [5, 5.41) is 3.63. The van der Waals surface area contributed by atoms with E-state index in [1.54, 1.807) is 7.11 Å². The van der Waals surface area contributed by atoms with Crippen LogP contribution < -0.4 is 5.32 Å². The first-order valence-electron chi connectivity index (χ1n) is 6.74. The van der Waals surface area contributed by atoms with Crippen molar-refractivity contribution in [3.05, 3.63) is 34.3 Å². The summed E-state index contributed by atoms with van der Waals surface area (Å²) in [6.07, 6.45) is 4.97. The highest BCUT2D eigenvalue weighted by Gasteiger charge is 2.21. The third-order valence-electron chi connectivity index (χ3n) is 3.42. The molecule has 0 aromatic heterocycles. The van der Waals surface area contributed by atoms with Crippen LogP contribution in [-0.4, -0.2) is 26.3 Å². The van der Waals surface area contributed by atoms with Gasteiger partial charge in [0.05, 0.1) is 0 Å². The lowest BCUT2D eigenvalue weighted by Gasteiger charge is -2.17. The summed E-state index contributed by atoms with van der Waals surface area (Å²) in [5.74, 6) is 0.667. The van der Waals surface area contributed by atoms with Gasteiger partial charge < -0.3 is 10.1 Å². The topological polar surface area (TPSA) is 21.3 Å². The maximum atomic E-state index is 5.22. The molecule has 2 rings (SSSR count).